The van der Waals surface area contributed by atoms with Crippen LogP contribution in [0.2, 0.25) is 0 Å². The second-order valence-corrected chi connectivity index (χ2v) is 4.46. The van der Waals surface area contributed by atoms with Crippen LogP contribution in [0.1, 0.15) is 11.3 Å². The number of nitro groups is 1. The van der Waals surface area contributed by atoms with E-state index in [9.17, 15) is 10.1 Å². The van der Waals surface area contributed by atoms with E-state index < -0.39 is 4.92 Å². The van der Waals surface area contributed by atoms with E-state index in [2.05, 4.69) is 10.3 Å². The molecule has 1 aromatic carbocycles. The summed E-state index contributed by atoms with van der Waals surface area (Å²) in [5.74, 6) is 1.24. The van der Waals surface area contributed by atoms with Crippen LogP contribution in [0.4, 0.5) is 11.5 Å². The Morgan fingerprint density at radius 3 is 2.64 bits per heavy atom. The molecule has 0 aliphatic rings. The summed E-state index contributed by atoms with van der Waals surface area (Å²) < 4.78 is 5.09. The number of methoxy groups -OCH3 is 1. The van der Waals surface area contributed by atoms with Crippen molar-refractivity contribution >= 4 is 11.5 Å². The lowest BCUT2D eigenvalue weighted by Crippen LogP contribution is -2.07. The minimum absolute atomic E-state index is 0.195. The molecule has 22 heavy (non-hydrogen) atoms. The molecule has 7 nitrogen and oxygen atoms in total. The van der Waals surface area contributed by atoms with E-state index in [4.69, 9.17) is 10.00 Å². The minimum atomic E-state index is -0.618. The van der Waals surface area contributed by atoms with E-state index in [0.717, 1.165) is 17.7 Å². The molecule has 112 valence electrons. The third-order valence-corrected chi connectivity index (χ3v) is 3.06. The Morgan fingerprint density at radius 1 is 1.32 bits per heavy atom. The van der Waals surface area contributed by atoms with E-state index in [-0.39, 0.29) is 11.4 Å². The number of ether oxygens (including phenoxy) is 1. The zero-order valence-corrected chi connectivity index (χ0v) is 11.9. The van der Waals surface area contributed by atoms with Gasteiger partial charge in [-0.1, -0.05) is 12.1 Å². The van der Waals surface area contributed by atoms with Crippen molar-refractivity contribution in [3.05, 3.63) is 57.8 Å². The molecule has 2 aromatic rings. The molecule has 0 aliphatic carbocycles. The molecule has 2 rings (SSSR count). The van der Waals surface area contributed by atoms with Crippen LogP contribution in [-0.4, -0.2) is 23.6 Å². The van der Waals surface area contributed by atoms with Crippen molar-refractivity contribution in [3.63, 3.8) is 0 Å². The third kappa shape index (κ3) is 3.70. The van der Waals surface area contributed by atoms with Gasteiger partial charge in [-0.2, -0.15) is 5.26 Å². The first-order valence-corrected chi connectivity index (χ1v) is 6.56. The predicted molar refractivity (Wildman–Crippen MR) is 80.8 cm³/mol. The lowest BCUT2D eigenvalue weighted by atomic mass is 10.1. The topological polar surface area (TPSA) is 101 Å². The molecule has 0 unspecified atom stereocenters. The SMILES string of the molecule is COc1ccc(CCNc2ccc([N+](=O)[O-])c(C#N)n2)cc1. The summed E-state index contributed by atoms with van der Waals surface area (Å²) in [4.78, 5) is 14.0. The highest BCUT2D eigenvalue weighted by molar-refractivity contribution is 5.50. The van der Waals surface area contributed by atoms with Gasteiger partial charge in [0.2, 0.25) is 5.69 Å². The summed E-state index contributed by atoms with van der Waals surface area (Å²) in [6.45, 7) is 0.599. The van der Waals surface area contributed by atoms with Crippen LogP contribution in [0.3, 0.4) is 0 Å². The molecule has 0 atom stereocenters. The van der Waals surface area contributed by atoms with Crippen molar-refractivity contribution in [2.24, 2.45) is 0 Å². The normalized spacial score (nSPS) is 9.82. The average molecular weight is 298 g/mol. The Morgan fingerprint density at radius 2 is 2.05 bits per heavy atom. The molecule has 0 saturated heterocycles. The fourth-order valence-electron chi connectivity index (χ4n) is 1.91. The average Bonchev–Trinajstić information content (AvgIpc) is 2.55. The molecule has 1 N–H and O–H groups in total. The summed E-state index contributed by atoms with van der Waals surface area (Å²) in [6.07, 6.45) is 0.755. The molecule has 1 heterocycles. The van der Waals surface area contributed by atoms with Gasteiger partial charge in [0.25, 0.3) is 0 Å². The van der Waals surface area contributed by atoms with Gasteiger partial charge < -0.3 is 10.1 Å². The van der Waals surface area contributed by atoms with E-state index in [1.54, 1.807) is 13.2 Å². The Balaban J connectivity index is 1.96. The van der Waals surface area contributed by atoms with Crippen molar-refractivity contribution in [1.29, 1.82) is 5.26 Å². The molecular weight excluding hydrogens is 284 g/mol. The molecule has 0 spiro atoms. The fourth-order valence-corrected chi connectivity index (χ4v) is 1.91. The molecule has 7 heteroatoms. The van der Waals surface area contributed by atoms with Gasteiger partial charge in [-0.15, -0.1) is 0 Å². The molecule has 0 fully saturated rings. The second-order valence-electron chi connectivity index (χ2n) is 4.46. The van der Waals surface area contributed by atoms with Crippen molar-refractivity contribution in [2.75, 3.05) is 19.0 Å². The van der Waals surface area contributed by atoms with Crippen LogP contribution in [0.25, 0.3) is 0 Å². The van der Waals surface area contributed by atoms with Crippen molar-refractivity contribution in [2.45, 2.75) is 6.42 Å². The molecule has 1 aromatic heterocycles. The zero-order chi connectivity index (χ0) is 15.9. The highest BCUT2D eigenvalue weighted by atomic mass is 16.6. The van der Waals surface area contributed by atoms with Gasteiger partial charge in [0.15, 0.2) is 0 Å². The second kappa shape index (κ2) is 7.04. The van der Waals surface area contributed by atoms with Crippen LogP contribution >= 0.6 is 0 Å². The highest BCUT2D eigenvalue weighted by Gasteiger charge is 2.15. The maximum atomic E-state index is 10.7. The molecule has 0 aliphatic heterocycles. The minimum Gasteiger partial charge on any atom is -0.497 e. The first kappa shape index (κ1) is 15.3. The summed E-state index contributed by atoms with van der Waals surface area (Å²) in [5, 5.41) is 22.7. The van der Waals surface area contributed by atoms with Gasteiger partial charge >= 0.3 is 5.69 Å². The van der Waals surface area contributed by atoms with Crippen molar-refractivity contribution < 1.29 is 9.66 Å². The number of anilines is 1. The van der Waals surface area contributed by atoms with Gasteiger partial charge in [0.1, 0.15) is 17.6 Å². The lowest BCUT2D eigenvalue weighted by Gasteiger charge is -2.07. The quantitative estimate of drug-likeness (QED) is 0.649. The molecular formula is C15H14N4O3. The Kier molecular flexibility index (Phi) is 4.88. The Bertz CT molecular complexity index is 708. The van der Waals surface area contributed by atoms with Crippen LogP contribution in [-0.2, 0) is 6.42 Å². The number of rotatable bonds is 6. The predicted octanol–water partition coefficient (Wildman–Crippen LogP) is 2.52. The van der Waals surface area contributed by atoms with E-state index in [1.807, 2.05) is 24.3 Å². The largest absolute Gasteiger partial charge is 0.497 e. The number of pyridine rings is 1. The molecule has 0 radical (unpaired) electrons. The number of benzene rings is 1. The fraction of sp³-hybridized carbons (Fsp3) is 0.200. The van der Waals surface area contributed by atoms with E-state index in [1.165, 1.54) is 12.1 Å². The number of hydrogen-bond acceptors (Lipinski definition) is 6. The number of hydrogen-bond donors (Lipinski definition) is 1. The van der Waals surface area contributed by atoms with Gasteiger partial charge in [-0.25, -0.2) is 4.98 Å². The smallest absolute Gasteiger partial charge is 0.305 e. The number of nitrogens with one attached hydrogen (secondary N) is 1. The van der Waals surface area contributed by atoms with Gasteiger partial charge in [-0.05, 0) is 30.2 Å². The Hall–Kier alpha value is -3.14. The lowest BCUT2D eigenvalue weighted by molar-refractivity contribution is -0.385. The monoisotopic (exact) mass is 298 g/mol. The standard InChI is InChI=1S/C15H14N4O3/c1-22-12-4-2-11(3-5-12)8-9-17-15-7-6-14(19(20)21)13(10-16)18-15/h2-7H,8-9H2,1H3,(H,17,18). The molecule has 0 saturated carbocycles. The van der Waals surface area contributed by atoms with Crippen LogP contribution in [0.5, 0.6) is 5.75 Å². The summed E-state index contributed by atoms with van der Waals surface area (Å²) in [7, 11) is 1.61. The number of nitrogens with zero attached hydrogens (tertiary/aromatic N) is 3. The third-order valence-electron chi connectivity index (χ3n) is 3.06. The maximum Gasteiger partial charge on any atom is 0.305 e. The van der Waals surface area contributed by atoms with Crippen molar-refractivity contribution in [1.82, 2.24) is 4.98 Å². The number of aromatic nitrogens is 1. The maximum absolute atomic E-state index is 10.7. The van der Waals surface area contributed by atoms with Gasteiger partial charge in [-0.3, -0.25) is 10.1 Å². The Labute approximate surface area is 127 Å². The number of nitriles is 1. The van der Waals surface area contributed by atoms with Gasteiger partial charge in [0.05, 0.1) is 12.0 Å². The first-order valence-electron chi connectivity index (χ1n) is 6.56. The summed E-state index contributed by atoms with van der Waals surface area (Å²) in [5.41, 5.74) is 0.637. The zero-order valence-electron chi connectivity index (χ0n) is 11.9. The van der Waals surface area contributed by atoms with E-state index in [0.29, 0.717) is 12.4 Å². The van der Waals surface area contributed by atoms with Crippen LogP contribution < -0.4 is 10.1 Å². The highest BCUT2D eigenvalue weighted by Crippen LogP contribution is 2.18. The van der Waals surface area contributed by atoms with E-state index >= 15 is 0 Å². The van der Waals surface area contributed by atoms with Crippen molar-refractivity contribution in [3.8, 4) is 11.8 Å². The molecule has 0 bridgehead atoms. The van der Waals surface area contributed by atoms with Crippen LogP contribution in [0.15, 0.2) is 36.4 Å². The summed E-state index contributed by atoms with van der Waals surface area (Å²) in [6, 6.07) is 12.2. The summed E-state index contributed by atoms with van der Waals surface area (Å²) >= 11 is 0. The van der Waals surface area contributed by atoms with Crippen LogP contribution in [0, 0.1) is 21.4 Å². The van der Waals surface area contributed by atoms with Gasteiger partial charge in [0, 0.05) is 12.6 Å². The first-order chi connectivity index (χ1) is 10.6. The molecule has 0 amide bonds.